The summed E-state index contributed by atoms with van der Waals surface area (Å²) in [5.41, 5.74) is 1.36. The topological polar surface area (TPSA) is 84.2 Å². The zero-order valence-electron chi connectivity index (χ0n) is 13.6. The number of benzene rings is 1. The molecule has 0 spiro atoms. The Bertz CT molecular complexity index is 653. The van der Waals surface area contributed by atoms with Crippen LogP contribution in [0.1, 0.15) is 48.9 Å². The van der Waals surface area contributed by atoms with E-state index in [1.807, 2.05) is 30.5 Å². The molecule has 0 atom stereocenters. The Morgan fingerprint density at radius 3 is 2.54 bits per heavy atom. The van der Waals surface area contributed by atoms with Crippen molar-refractivity contribution >= 4 is 11.9 Å². The van der Waals surface area contributed by atoms with Gasteiger partial charge >= 0.3 is 5.97 Å². The van der Waals surface area contributed by atoms with Gasteiger partial charge < -0.3 is 10.4 Å². The minimum Gasteiger partial charge on any atom is -0.481 e. The maximum Gasteiger partial charge on any atom is 0.303 e. The number of rotatable bonds is 10. The van der Waals surface area contributed by atoms with Crippen LogP contribution in [-0.2, 0) is 4.79 Å². The van der Waals surface area contributed by atoms with Gasteiger partial charge in [0, 0.05) is 25.4 Å². The first-order valence-corrected chi connectivity index (χ1v) is 8.27. The average molecular weight is 329 g/mol. The van der Waals surface area contributed by atoms with Crippen LogP contribution in [0.25, 0.3) is 5.69 Å². The zero-order valence-corrected chi connectivity index (χ0v) is 13.6. The number of amides is 1. The van der Waals surface area contributed by atoms with E-state index in [1.165, 1.54) is 0 Å². The summed E-state index contributed by atoms with van der Waals surface area (Å²) in [6.07, 6.45) is 8.24. The highest BCUT2D eigenvalue weighted by atomic mass is 16.4. The first-order valence-electron chi connectivity index (χ1n) is 8.27. The van der Waals surface area contributed by atoms with Gasteiger partial charge in [0.2, 0.25) is 0 Å². The van der Waals surface area contributed by atoms with Crippen LogP contribution in [0.4, 0.5) is 0 Å². The summed E-state index contributed by atoms with van der Waals surface area (Å²) in [6, 6.07) is 9.19. The van der Waals surface area contributed by atoms with Crippen molar-refractivity contribution < 1.29 is 14.7 Å². The van der Waals surface area contributed by atoms with Gasteiger partial charge in [-0.2, -0.15) is 5.10 Å². The van der Waals surface area contributed by atoms with Crippen LogP contribution in [0.5, 0.6) is 0 Å². The van der Waals surface area contributed by atoms with Crippen molar-refractivity contribution in [1.82, 2.24) is 15.1 Å². The molecular formula is C18H23N3O3. The third kappa shape index (κ3) is 5.53. The fourth-order valence-corrected chi connectivity index (χ4v) is 2.51. The van der Waals surface area contributed by atoms with Gasteiger partial charge in [-0.3, -0.25) is 9.59 Å². The molecule has 6 nitrogen and oxygen atoms in total. The summed E-state index contributed by atoms with van der Waals surface area (Å²) >= 11 is 0. The molecule has 0 saturated heterocycles. The molecule has 0 fully saturated rings. The molecule has 2 aromatic rings. The fraction of sp³-hybridized carbons (Fsp3) is 0.389. The number of nitrogens with one attached hydrogen (secondary N) is 1. The lowest BCUT2D eigenvalue weighted by atomic mass is 10.1. The summed E-state index contributed by atoms with van der Waals surface area (Å²) < 4.78 is 1.68. The van der Waals surface area contributed by atoms with Crippen LogP contribution in [-0.4, -0.2) is 33.3 Å². The number of para-hydroxylation sites is 1. The van der Waals surface area contributed by atoms with Crippen molar-refractivity contribution in [2.75, 3.05) is 6.54 Å². The quantitative estimate of drug-likeness (QED) is 0.656. The highest BCUT2D eigenvalue weighted by molar-refractivity contribution is 5.97. The lowest BCUT2D eigenvalue weighted by Crippen LogP contribution is -2.25. The smallest absolute Gasteiger partial charge is 0.303 e. The van der Waals surface area contributed by atoms with Crippen molar-refractivity contribution in [3.63, 3.8) is 0 Å². The van der Waals surface area contributed by atoms with E-state index in [9.17, 15) is 9.59 Å². The Labute approximate surface area is 141 Å². The van der Waals surface area contributed by atoms with E-state index in [0.29, 0.717) is 12.1 Å². The average Bonchev–Trinajstić information content (AvgIpc) is 3.11. The van der Waals surface area contributed by atoms with Crippen LogP contribution >= 0.6 is 0 Å². The first kappa shape index (κ1) is 17.7. The number of aromatic nitrogens is 2. The van der Waals surface area contributed by atoms with Crippen LogP contribution in [0.2, 0.25) is 0 Å². The number of hydrogen-bond acceptors (Lipinski definition) is 3. The molecule has 1 aromatic carbocycles. The lowest BCUT2D eigenvalue weighted by molar-refractivity contribution is -0.137. The van der Waals surface area contributed by atoms with Crippen molar-refractivity contribution in [2.45, 2.75) is 38.5 Å². The number of carboxylic acids is 1. The number of unbranched alkanes of at least 4 members (excludes halogenated alkanes) is 4. The molecule has 0 unspecified atom stereocenters. The Balaban J connectivity index is 1.73. The Kier molecular flexibility index (Phi) is 7.01. The zero-order chi connectivity index (χ0) is 17.2. The number of hydrogen-bond donors (Lipinski definition) is 2. The van der Waals surface area contributed by atoms with Gasteiger partial charge in [0.05, 0.1) is 11.3 Å². The van der Waals surface area contributed by atoms with Gasteiger partial charge in [-0.05, 0) is 31.0 Å². The lowest BCUT2D eigenvalue weighted by Gasteiger charge is -2.10. The minimum absolute atomic E-state index is 0.105. The van der Waals surface area contributed by atoms with Gasteiger partial charge in [-0.15, -0.1) is 0 Å². The molecule has 0 aliphatic carbocycles. The molecule has 0 radical (unpaired) electrons. The summed E-state index contributed by atoms with van der Waals surface area (Å²) in [5.74, 6) is -0.843. The molecule has 1 aromatic heterocycles. The molecule has 24 heavy (non-hydrogen) atoms. The monoisotopic (exact) mass is 329 g/mol. The predicted octanol–water partition coefficient (Wildman–Crippen LogP) is 3.03. The van der Waals surface area contributed by atoms with Crippen molar-refractivity contribution in [3.8, 4) is 5.69 Å². The second-order valence-corrected chi connectivity index (χ2v) is 5.64. The summed E-state index contributed by atoms with van der Waals surface area (Å²) in [7, 11) is 0. The molecule has 2 rings (SSSR count). The second kappa shape index (κ2) is 9.50. The van der Waals surface area contributed by atoms with Crippen LogP contribution < -0.4 is 5.32 Å². The molecule has 0 aliphatic rings. The second-order valence-electron chi connectivity index (χ2n) is 5.64. The van der Waals surface area contributed by atoms with E-state index in [0.717, 1.165) is 37.8 Å². The molecule has 0 aliphatic heterocycles. The molecule has 6 heteroatoms. The molecule has 128 valence electrons. The Morgan fingerprint density at radius 2 is 1.79 bits per heavy atom. The van der Waals surface area contributed by atoms with E-state index in [4.69, 9.17) is 5.11 Å². The van der Waals surface area contributed by atoms with Crippen molar-refractivity contribution in [1.29, 1.82) is 0 Å². The van der Waals surface area contributed by atoms with Crippen molar-refractivity contribution in [2.24, 2.45) is 0 Å². The van der Waals surface area contributed by atoms with Gasteiger partial charge in [0.15, 0.2) is 0 Å². The van der Waals surface area contributed by atoms with Crippen LogP contribution in [0.15, 0.2) is 42.7 Å². The summed E-state index contributed by atoms with van der Waals surface area (Å²) in [6.45, 7) is 0.616. The Morgan fingerprint density at radius 1 is 1.04 bits per heavy atom. The molecular weight excluding hydrogens is 306 g/mol. The SMILES string of the molecule is O=C(O)CCCCCCCNC(=O)c1ccccc1-n1cccn1. The van der Waals surface area contributed by atoms with Gasteiger partial charge in [-0.1, -0.05) is 31.4 Å². The summed E-state index contributed by atoms with van der Waals surface area (Å²) in [4.78, 5) is 22.8. The molecule has 0 bridgehead atoms. The highest BCUT2D eigenvalue weighted by Crippen LogP contribution is 2.13. The van der Waals surface area contributed by atoms with Crippen molar-refractivity contribution in [3.05, 3.63) is 48.3 Å². The van der Waals surface area contributed by atoms with Crippen LogP contribution in [0.3, 0.4) is 0 Å². The number of carbonyl (C=O) groups excluding carboxylic acids is 1. The number of nitrogens with zero attached hydrogens (tertiary/aromatic N) is 2. The third-order valence-electron chi connectivity index (χ3n) is 3.75. The third-order valence-corrected chi connectivity index (χ3v) is 3.75. The Hall–Kier alpha value is -2.63. The number of carboxylic acid groups (broad SMARTS) is 1. The number of carbonyl (C=O) groups is 2. The molecule has 0 saturated carbocycles. The van der Waals surface area contributed by atoms with E-state index in [2.05, 4.69) is 10.4 Å². The molecule has 2 N–H and O–H groups in total. The standard InChI is InChI=1S/C18H23N3O3/c22-17(23)11-4-2-1-3-7-12-19-18(24)15-9-5-6-10-16(15)21-14-8-13-20-21/h5-6,8-10,13-14H,1-4,7,11-12H2,(H,19,24)(H,22,23). The molecule has 1 amide bonds. The number of aliphatic carboxylic acids is 1. The summed E-state index contributed by atoms with van der Waals surface area (Å²) in [5, 5.41) is 15.7. The largest absolute Gasteiger partial charge is 0.481 e. The van der Waals surface area contributed by atoms with E-state index >= 15 is 0 Å². The van der Waals surface area contributed by atoms with Gasteiger partial charge in [0.25, 0.3) is 5.91 Å². The maximum atomic E-state index is 12.4. The van der Waals surface area contributed by atoms with E-state index in [-0.39, 0.29) is 12.3 Å². The van der Waals surface area contributed by atoms with Gasteiger partial charge in [-0.25, -0.2) is 4.68 Å². The highest BCUT2D eigenvalue weighted by Gasteiger charge is 2.11. The van der Waals surface area contributed by atoms with E-state index in [1.54, 1.807) is 16.9 Å². The fourth-order valence-electron chi connectivity index (χ4n) is 2.51. The van der Waals surface area contributed by atoms with Gasteiger partial charge in [0.1, 0.15) is 0 Å². The normalized spacial score (nSPS) is 10.5. The molecule has 1 heterocycles. The maximum absolute atomic E-state index is 12.4. The minimum atomic E-state index is -0.738. The predicted molar refractivity (Wildman–Crippen MR) is 91.2 cm³/mol. The van der Waals surface area contributed by atoms with E-state index < -0.39 is 5.97 Å². The van der Waals surface area contributed by atoms with Crippen LogP contribution in [0, 0.1) is 0 Å². The first-order chi connectivity index (χ1) is 11.7.